The first kappa shape index (κ1) is 23.7. The molecule has 34 heavy (non-hydrogen) atoms. The third-order valence-electron chi connectivity index (χ3n) is 5.44. The second-order valence-electron chi connectivity index (χ2n) is 8.11. The van der Waals surface area contributed by atoms with Gasteiger partial charge in [0.25, 0.3) is 0 Å². The van der Waals surface area contributed by atoms with Gasteiger partial charge in [-0.15, -0.1) is 0 Å². The zero-order chi connectivity index (χ0) is 23.6. The third-order valence-corrected chi connectivity index (χ3v) is 5.44. The monoisotopic (exact) mass is 458 g/mol. The van der Waals surface area contributed by atoms with Crippen LogP contribution in [0.4, 0.5) is 0 Å². The molecule has 0 aliphatic heterocycles. The number of fused-ring (bicyclic) bond motifs is 1. The summed E-state index contributed by atoms with van der Waals surface area (Å²) in [6.45, 7) is 1.18. The number of ether oxygens (including phenoxy) is 3. The van der Waals surface area contributed by atoms with Crippen molar-refractivity contribution in [2.75, 3.05) is 26.9 Å². The number of aliphatic hydroxyl groups excluding tert-OH is 1. The summed E-state index contributed by atoms with van der Waals surface area (Å²) in [4.78, 5) is 4.38. The van der Waals surface area contributed by atoms with Gasteiger partial charge in [0, 0.05) is 31.3 Å². The standard InChI is InChI=1S/C28H30N2O4/c1-32-19-22(30-18-23(31)20-33-24-7-3-2-4-8-24)17-21-11-13-25(14-12-21)34-28-15-16-29-27-10-6-5-9-26(27)28/h2-16,22-23,30-31H,17-20H2,1H3/t22?,23-/m0/s1. The van der Waals surface area contributed by atoms with E-state index in [2.05, 4.69) is 22.4 Å². The van der Waals surface area contributed by atoms with Crippen LogP contribution in [0.1, 0.15) is 5.56 Å². The molecule has 0 saturated heterocycles. The summed E-state index contributed by atoms with van der Waals surface area (Å²) >= 11 is 0. The van der Waals surface area contributed by atoms with Gasteiger partial charge in [-0.05, 0) is 54.4 Å². The molecular weight excluding hydrogens is 428 g/mol. The molecule has 2 atom stereocenters. The van der Waals surface area contributed by atoms with Gasteiger partial charge in [0.15, 0.2) is 0 Å². The molecular formula is C28H30N2O4. The van der Waals surface area contributed by atoms with Crippen LogP contribution >= 0.6 is 0 Å². The highest BCUT2D eigenvalue weighted by Gasteiger charge is 2.13. The van der Waals surface area contributed by atoms with Crippen LogP contribution in [0.5, 0.6) is 17.2 Å². The first-order valence-corrected chi connectivity index (χ1v) is 11.4. The van der Waals surface area contributed by atoms with E-state index in [1.165, 1.54) is 0 Å². The largest absolute Gasteiger partial charge is 0.491 e. The fourth-order valence-electron chi connectivity index (χ4n) is 3.73. The van der Waals surface area contributed by atoms with Crippen molar-refractivity contribution in [3.63, 3.8) is 0 Å². The Labute approximate surface area is 200 Å². The number of nitrogens with one attached hydrogen (secondary N) is 1. The van der Waals surface area contributed by atoms with Gasteiger partial charge in [0.2, 0.25) is 0 Å². The van der Waals surface area contributed by atoms with E-state index in [9.17, 15) is 5.11 Å². The highest BCUT2D eigenvalue weighted by molar-refractivity contribution is 5.84. The second-order valence-corrected chi connectivity index (χ2v) is 8.11. The Balaban J connectivity index is 1.30. The first-order chi connectivity index (χ1) is 16.7. The molecule has 4 rings (SSSR count). The van der Waals surface area contributed by atoms with Gasteiger partial charge >= 0.3 is 0 Å². The van der Waals surface area contributed by atoms with Gasteiger partial charge in [-0.2, -0.15) is 0 Å². The van der Waals surface area contributed by atoms with Crippen molar-refractivity contribution < 1.29 is 19.3 Å². The zero-order valence-corrected chi connectivity index (χ0v) is 19.3. The van der Waals surface area contributed by atoms with Crippen molar-refractivity contribution >= 4 is 10.9 Å². The average molecular weight is 459 g/mol. The number of hydrogen-bond acceptors (Lipinski definition) is 6. The minimum atomic E-state index is -0.620. The molecule has 0 aliphatic rings. The van der Waals surface area contributed by atoms with Crippen LogP contribution in [-0.2, 0) is 11.2 Å². The average Bonchev–Trinajstić information content (AvgIpc) is 2.88. The summed E-state index contributed by atoms with van der Waals surface area (Å²) in [5.41, 5.74) is 2.05. The molecule has 1 unspecified atom stereocenters. The van der Waals surface area contributed by atoms with E-state index >= 15 is 0 Å². The second kappa shape index (κ2) is 12.1. The number of pyridine rings is 1. The normalized spacial score (nSPS) is 12.9. The lowest BCUT2D eigenvalue weighted by Gasteiger charge is -2.21. The molecule has 0 spiro atoms. The third kappa shape index (κ3) is 6.78. The van der Waals surface area contributed by atoms with Crippen LogP contribution in [0.25, 0.3) is 10.9 Å². The fourth-order valence-corrected chi connectivity index (χ4v) is 3.73. The molecule has 3 aromatic carbocycles. The van der Waals surface area contributed by atoms with Crippen LogP contribution in [0.2, 0.25) is 0 Å². The topological polar surface area (TPSA) is 72.8 Å². The van der Waals surface area contributed by atoms with Crippen LogP contribution < -0.4 is 14.8 Å². The van der Waals surface area contributed by atoms with E-state index in [1.54, 1.807) is 13.3 Å². The Bertz CT molecular complexity index is 1150. The molecule has 6 nitrogen and oxygen atoms in total. The number of aromatic nitrogens is 1. The van der Waals surface area contributed by atoms with Crippen LogP contribution in [0.15, 0.2) is 91.1 Å². The molecule has 176 valence electrons. The Morgan fingerprint density at radius 1 is 0.853 bits per heavy atom. The number of nitrogens with zero attached hydrogens (tertiary/aromatic N) is 1. The molecule has 6 heteroatoms. The summed E-state index contributed by atoms with van der Waals surface area (Å²) < 4.78 is 17.1. The summed E-state index contributed by atoms with van der Waals surface area (Å²) in [6, 6.07) is 27.4. The van der Waals surface area contributed by atoms with Gasteiger partial charge in [-0.1, -0.05) is 42.5 Å². The van der Waals surface area contributed by atoms with Gasteiger partial charge in [0.05, 0.1) is 12.1 Å². The van der Waals surface area contributed by atoms with E-state index < -0.39 is 6.10 Å². The highest BCUT2D eigenvalue weighted by atomic mass is 16.5. The molecule has 0 amide bonds. The van der Waals surface area contributed by atoms with E-state index in [0.29, 0.717) is 13.2 Å². The first-order valence-electron chi connectivity index (χ1n) is 11.4. The summed E-state index contributed by atoms with van der Waals surface area (Å²) in [6.07, 6.45) is 1.90. The van der Waals surface area contributed by atoms with E-state index in [4.69, 9.17) is 14.2 Å². The van der Waals surface area contributed by atoms with Crippen LogP contribution in [-0.4, -0.2) is 49.1 Å². The SMILES string of the molecule is COCC(Cc1ccc(Oc2ccnc3ccccc23)cc1)NC[C@H](O)COc1ccccc1. The predicted molar refractivity (Wildman–Crippen MR) is 134 cm³/mol. The molecule has 0 fully saturated rings. The molecule has 0 radical (unpaired) electrons. The van der Waals surface area contributed by atoms with Crippen molar-refractivity contribution in [3.8, 4) is 17.2 Å². The number of aliphatic hydroxyl groups is 1. The fraction of sp³-hybridized carbons (Fsp3) is 0.250. The smallest absolute Gasteiger partial charge is 0.138 e. The molecule has 0 saturated carbocycles. The molecule has 0 aliphatic carbocycles. The highest BCUT2D eigenvalue weighted by Crippen LogP contribution is 2.28. The van der Waals surface area contributed by atoms with Crippen molar-refractivity contribution in [1.29, 1.82) is 0 Å². The van der Waals surface area contributed by atoms with Crippen LogP contribution in [0.3, 0.4) is 0 Å². The lowest BCUT2D eigenvalue weighted by molar-refractivity contribution is 0.0957. The van der Waals surface area contributed by atoms with Gasteiger partial charge in [-0.25, -0.2) is 0 Å². The van der Waals surface area contributed by atoms with Gasteiger partial charge in [-0.3, -0.25) is 4.98 Å². The van der Waals surface area contributed by atoms with Crippen molar-refractivity contribution in [2.45, 2.75) is 18.6 Å². The maximum Gasteiger partial charge on any atom is 0.138 e. The number of benzene rings is 3. The minimum Gasteiger partial charge on any atom is -0.491 e. The van der Waals surface area contributed by atoms with Gasteiger partial charge < -0.3 is 24.6 Å². The Kier molecular flexibility index (Phi) is 8.46. The van der Waals surface area contributed by atoms with Gasteiger partial charge in [0.1, 0.15) is 30.0 Å². The predicted octanol–water partition coefficient (Wildman–Crippen LogP) is 4.61. The molecule has 4 aromatic rings. The molecule has 0 bridgehead atoms. The maximum atomic E-state index is 10.3. The maximum absolute atomic E-state index is 10.3. The van der Waals surface area contributed by atoms with Crippen molar-refractivity contribution in [2.24, 2.45) is 0 Å². The van der Waals surface area contributed by atoms with Crippen molar-refractivity contribution in [1.82, 2.24) is 10.3 Å². The Morgan fingerprint density at radius 3 is 2.41 bits per heavy atom. The molecule has 1 aromatic heterocycles. The van der Waals surface area contributed by atoms with E-state index in [-0.39, 0.29) is 12.6 Å². The Morgan fingerprint density at radius 2 is 1.62 bits per heavy atom. The summed E-state index contributed by atoms with van der Waals surface area (Å²) in [7, 11) is 1.68. The number of methoxy groups -OCH3 is 1. The van der Waals surface area contributed by atoms with Crippen molar-refractivity contribution in [3.05, 3.63) is 96.7 Å². The lowest BCUT2D eigenvalue weighted by atomic mass is 10.1. The zero-order valence-electron chi connectivity index (χ0n) is 19.3. The Hall–Kier alpha value is -3.45. The quantitative estimate of drug-likeness (QED) is 0.323. The lowest BCUT2D eigenvalue weighted by Crippen LogP contribution is -2.41. The summed E-state index contributed by atoms with van der Waals surface area (Å²) in [5, 5.41) is 14.7. The minimum absolute atomic E-state index is 0.0623. The summed E-state index contributed by atoms with van der Waals surface area (Å²) in [5.74, 6) is 2.30. The number of hydrogen-bond donors (Lipinski definition) is 2. The molecule has 2 N–H and O–H groups in total. The molecule has 1 heterocycles. The number of rotatable bonds is 12. The van der Waals surface area contributed by atoms with Crippen LogP contribution in [0, 0.1) is 0 Å². The van der Waals surface area contributed by atoms with E-state index in [1.807, 2.05) is 72.8 Å². The number of para-hydroxylation sites is 2. The van der Waals surface area contributed by atoms with E-state index in [0.717, 1.165) is 40.1 Å².